The van der Waals surface area contributed by atoms with Gasteiger partial charge in [-0.1, -0.05) is 29.8 Å². The highest BCUT2D eigenvalue weighted by Gasteiger charge is 2.19. The van der Waals surface area contributed by atoms with Crippen molar-refractivity contribution in [3.63, 3.8) is 0 Å². The van der Waals surface area contributed by atoms with Gasteiger partial charge >= 0.3 is 0 Å². The summed E-state index contributed by atoms with van der Waals surface area (Å²) in [5.41, 5.74) is 1.45. The van der Waals surface area contributed by atoms with E-state index >= 15 is 0 Å². The fourth-order valence-corrected chi connectivity index (χ4v) is 4.46. The highest BCUT2D eigenvalue weighted by Crippen LogP contribution is 2.32. The Bertz CT molecular complexity index is 1250. The molecule has 0 fully saturated rings. The molecule has 3 aromatic carbocycles. The molecule has 2 N–H and O–H groups in total. The van der Waals surface area contributed by atoms with Crippen LogP contribution in [0.25, 0.3) is 0 Å². The van der Waals surface area contributed by atoms with Crippen molar-refractivity contribution in [1.29, 1.82) is 0 Å². The Morgan fingerprint density at radius 3 is 2.53 bits per heavy atom. The van der Waals surface area contributed by atoms with Crippen molar-refractivity contribution in [1.82, 2.24) is 5.32 Å². The SMILES string of the molecule is O=C(NCc1cccc(Cl)c1)c1cccc(NS(=O)(=O)c2ccc3c(c2)OCCCO3)c1. The van der Waals surface area contributed by atoms with Gasteiger partial charge in [0.25, 0.3) is 15.9 Å². The van der Waals surface area contributed by atoms with Crippen molar-refractivity contribution < 1.29 is 22.7 Å². The molecule has 166 valence electrons. The van der Waals surface area contributed by atoms with Gasteiger partial charge in [0.2, 0.25) is 0 Å². The molecule has 0 radical (unpaired) electrons. The van der Waals surface area contributed by atoms with Crippen molar-refractivity contribution in [3.05, 3.63) is 82.9 Å². The molecule has 1 aliphatic rings. The van der Waals surface area contributed by atoms with E-state index in [-0.39, 0.29) is 16.5 Å². The fraction of sp³-hybridized carbons (Fsp3) is 0.174. The molecule has 3 aromatic rings. The molecule has 1 amide bonds. The Hall–Kier alpha value is -3.23. The number of ether oxygens (including phenoxy) is 2. The summed E-state index contributed by atoms with van der Waals surface area (Å²) in [6.45, 7) is 1.27. The molecule has 0 aliphatic carbocycles. The molecule has 4 rings (SSSR count). The van der Waals surface area contributed by atoms with Crippen LogP contribution in [0.4, 0.5) is 5.69 Å². The van der Waals surface area contributed by atoms with E-state index in [4.69, 9.17) is 21.1 Å². The van der Waals surface area contributed by atoms with E-state index in [1.807, 2.05) is 6.07 Å². The van der Waals surface area contributed by atoms with Gasteiger partial charge < -0.3 is 14.8 Å². The van der Waals surface area contributed by atoms with E-state index in [0.29, 0.717) is 41.8 Å². The minimum absolute atomic E-state index is 0.0394. The third-order valence-electron chi connectivity index (χ3n) is 4.75. The first kappa shape index (κ1) is 22.0. The molecule has 9 heteroatoms. The van der Waals surface area contributed by atoms with E-state index in [9.17, 15) is 13.2 Å². The number of fused-ring (bicyclic) bond motifs is 1. The van der Waals surface area contributed by atoms with Crippen LogP contribution in [0.3, 0.4) is 0 Å². The van der Waals surface area contributed by atoms with Crippen molar-refractivity contribution >= 4 is 33.2 Å². The first-order valence-electron chi connectivity index (χ1n) is 9.96. The van der Waals surface area contributed by atoms with Crippen LogP contribution < -0.4 is 19.5 Å². The lowest BCUT2D eigenvalue weighted by molar-refractivity contribution is 0.0951. The van der Waals surface area contributed by atoms with Crippen LogP contribution in [0, 0.1) is 0 Å². The molecule has 0 saturated carbocycles. The average molecular weight is 473 g/mol. The van der Waals surface area contributed by atoms with Crippen LogP contribution in [0.2, 0.25) is 5.02 Å². The Morgan fingerprint density at radius 2 is 1.72 bits per heavy atom. The Labute approximate surface area is 191 Å². The number of halogens is 1. The zero-order valence-electron chi connectivity index (χ0n) is 17.0. The molecule has 0 atom stereocenters. The molecule has 1 heterocycles. The summed E-state index contributed by atoms with van der Waals surface area (Å²) in [4.78, 5) is 12.6. The maximum absolute atomic E-state index is 12.9. The summed E-state index contributed by atoms with van der Waals surface area (Å²) >= 11 is 5.96. The van der Waals surface area contributed by atoms with Gasteiger partial charge in [0.1, 0.15) is 0 Å². The van der Waals surface area contributed by atoms with E-state index < -0.39 is 10.0 Å². The second-order valence-electron chi connectivity index (χ2n) is 7.16. The molecule has 0 saturated heterocycles. The summed E-state index contributed by atoms with van der Waals surface area (Å²) in [5, 5.41) is 3.39. The predicted molar refractivity (Wildman–Crippen MR) is 122 cm³/mol. The quantitative estimate of drug-likeness (QED) is 0.560. The number of hydrogen-bond donors (Lipinski definition) is 2. The van der Waals surface area contributed by atoms with E-state index in [2.05, 4.69) is 10.0 Å². The first-order valence-corrected chi connectivity index (χ1v) is 11.8. The molecule has 32 heavy (non-hydrogen) atoms. The molecule has 7 nitrogen and oxygen atoms in total. The second kappa shape index (κ2) is 9.50. The number of sulfonamides is 1. The average Bonchev–Trinajstić information content (AvgIpc) is 3.02. The topological polar surface area (TPSA) is 93.7 Å². The van der Waals surface area contributed by atoms with E-state index in [0.717, 1.165) is 12.0 Å². The van der Waals surface area contributed by atoms with Gasteiger partial charge in [-0.05, 0) is 48.0 Å². The van der Waals surface area contributed by atoms with Crippen molar-refractivity contribution in [3.8, 4) is 11.5 Å². The lowest BCUT2D eigenvalue weighted by Gasteiger charge is -2.12. The van der Waals surface area contributed by atoms with Gasteiger partial charge in [-0.2, -0.15) is 0 Å². The van der Waals surface area contributed by atoms with Gasteiger partial charge in [-0.3, -0.25) is 9.52 Å². The zero-order valence-corrected chi connectivity index (χ0v) is 18.6. The second-order valence-corrected chi connectivity index (χ2v) is 9.28. The van der Waals surface area contributed by atoms with Crippen LogP contribution in [-0.4, -0.2) is 27.5 Å². The summed E-state index contributed by atoms with van der Waals surface area (Å²) < 4.78 is 39.4. The number of benzene rings is 3. The van der Waals surface area contributed by atoms with E-state index in [1.54, 1.807) is 42.5 Å². The van der Waals surface area contributed by atoms with Crippen LogP contribution in [0.15, 0.2) is 71.6 Å². The highest BCUT2D eigenvalue weighted by molar-refractivity contribution is 7.92. The molecule has 1 aliphatic heterocycles. The minimum Gasteiger partial charge on any atom is -0.490 e. The standard InChI is InChI=1S/C23H21ClN2O5S/c24-18-6-1-4-16(12-18)15-25-23(27)17-5-2-7-19(13-17)26-32(28,29)20-8-9-21-22(14-20)31-11-3-10-30-21/h1-2,4-9,12-14,26H,3,10-11,15H2,(H,25,27). The van der Waals surface area contributed by atoms with Gasteiger partial charge in [0.15, 0.2) is 11.5 Å². The number of amides is 1. The number of hydrogen-bond acceptors (Lipinski definition) is 5. The Morgan fingerprint density at radius 1 is 0.938 bits per heavy atom. The van der Waals surface area contributed by atoms with Crippen molar-refractivity contribution in [2.75, 3.05) is 17.9 Å². The largest absolute Gasteiger partial charge is 0.490 e. The molecule has 0 aromatic heterocycles. The van der Waals surface area contributed by atoms with Crippen molar-refractivity contribution in [2.45, 2.75) is 17.9 Å². The first-order chi connectivity index (χ1) is 15.4. The smallest absolute Gasteiger partial charge is 0.262 e. The molecule has 0 spiro atoms. The summed E-state index contributed by atoms with van der Waals surface area (Å²) in [7, 11) is -3.89. The highest BCUT2D eigenvalue weighted by atomic mass is 35.5. The molecular weight excluding hydrogens is 452 g/mol. The predicted octanol–water partition coefficient (Wildman–Crippen LogP) is 4.23. The third kappa shape index (κ3) is 5.33. The maximum Gasteiger partial charge on any atom is 0.262 e. The minimum atomic E-state index is -3.89. The molecule has 0 unspecified atom stereocenters. The van der Waals surface area contributed by atoms with Crippen LogP contribution >= 0.6 is 11.6 Å². The van der Waals surface area contributed by atoms with Gasteiger partial charge in [-0.15, -0.1) is 0 Å². The van der Waals surface area contributed by atoms with E-state index in [1.165, 1.54) is 18.2 Å². The van der Waals surface area contributed by atoms with Crippen LogP contribution in [0.1, 0.15) is 22.3 Å². The number of anilines is 1. The molecule has 0 bridgehead atoms. The summed E-state index contributed by atoms with van der Waals surface area (Å²) in [6, 6.07) is 17.9. The summed E-state index contributed by atoms with van der Waals surface area (Å²) in [6.07, 6.45) is 0.723. The van der Waals surface area contributed by atoms with Gasteiger partial charge in [-0.25, -0.2) is 8.42 Å². The Kier molecular flexibility index (Phi) is 6.53. The fourth-order valence-electron chi connectivity index (χ4n) is 3.18. The van der Waals surface area contributed by atoms with Crippen LogP contribution in [0.5, 0.6) is 11.5 Å². The number of rotatable bonds is 6. The monoisotopic (exact) mass is 472 g/mol. The lowest BCUT2D eigenvalue weighted by atomic mass is 10.2. The number of carbonyl (C=O) groups excluding carboxylic acids is 1. The van der Waals surface area contributed by atoms with Gasteiger partial charge in [0, 0.05) is 35.3 Å². The lowest BCUT2D eigenvalue weighted by Crippen LogP contribution is -2.23. The maximum atomic E-state index is 12.9. The Balaban J connectivity index is 1.47. The molecular formula is C23H21ClN2O5S. The zero-order chi connectivity index (χ0) is 22.6. The number of nitrogens with one attached hydrogen (secondary N) is 2. The van der Waals surface area contributed by atoms with Gasteiger partial charge in [0.05, 0.1) is 18.1 Å². The third-order valence-corrected chi connectivity index (χ3v) is 6.36. The normalized spacial score (nSPS) is 13.2. The van der Waals surface area contributed by atoms with Crippen molar-refractivity contribution in [2.24, 2.45) is 0 Å². The number of carbonyl (C=O) groups is 1. The summed E-state index contributed by atoms with van der Waals surface area (Å²) in [5.74, 6) is 0.570. The van der Waals surface area contributed by atoms with Crippen LogP contribution in [-0.2, 0) is 16.6 Å².